The van der Waals surface area contributed by atoms with Crippen molar-refractivity contribution in [3.8, 4) is 0 Å². The Morgan fingerprint density at radius 2 is 1.82 bits per heavy atom. The molecule has 2 fully saturated rings. The molecule has 9 heteroatoms. The van der Waals surface area contributed by atoms with Gasteiger partial charge in [-0.3, -0.25) is 19.4 Å². The summed E-state index contributed by atoms with van der Waals surface area (Å²) in [7, 11) is 1.48. The van der Waals surface area contributed by atoms with Gasteiger partial charge in [0.2, 0.25) is 0 Å². The van der Waals surface area contributed by atoms with Crippen molar-refractivity contribution in [3.05, 3.63) is 30.2 Å². The van der Waals surface area contributed by atoms with Crippen LogP contribution in [-0.2, 0) is 14.3 Å². The third kappa shape index (κ3) is 3.38. The van der Waals surface area contributed by atoms with Crippen molar-refractivity contribution in [1.82, 2.24) is 19.7 Å². The Hall–Kier alpha value is -2.78. The predicted octanol–water partition coefficient (Wildman–Crippen LogP) is 1.40. The van der Waals surface area contributed by atoms with Gasteiger partial charge in [0, 0.05) is 26.1 Å². The van der Waals surface area contributed by atoms with Gasteiger partial charge in [-0.15, -0.1) is 0 Å². The van der Waals surface area contributed by atoms with Crippen LogP contribution in [0.4, 0.5) is 4.79 Å². The second kappa shape index (κ2) is 7.69. The Morgan fingerprint density at radius 3 is 2.54 bits per heavy atom. The maximum Gasteiger partial charge on any atom is 0.335 e. The number of carbonyl (C=O) groups is 3. The number of ether oxygens (including phenoxy) is 1. The molecule has 2 aliphatic heterocycles. The summed E-state index contributed by atoms with van der Waals surface area (Å²) in [5.74, 6) is -0.630. The molecule has 9 nitrogen and oxygen atoms in total. The number of oxazole rings is 1. The zero-order valence-electron chi connectivity index (χ0n) is 15.7. The molecule has 4 amide bonds. The van der Waals surface area contributed by atoms with Crippen LogP contribution in [0.5, 0.6) is 0 Å². The third-order valence-electron chi connectivity index (χ3n) is 5.24. The quantitative estimate of drug-likeness (QED) is 0.547. The van der Waals surface area contributed by atoms with Gasteiger partial charge in [0.05, 0.1) is 19.8 Å². The van der Waals surface area contributed by atoms with Gasteiger partial charge in [-0.1, -0.05) is 12.1 Å². The lowest BCUT2D eigenvalue weighted by Crippen LogP contribution is -2.45. The van der Waals surface area contributed by atoms with E-state index in [9.17, 15) is 14.4 Å². The van der Waals surface area contributed by atoms with Crippen molar-refractivity contribution < 1.29 is 23.5 Å². The third-order valence-corrected chi connectivity index (χ3v) is 5.24. The Kier molecular flexibility index (Phi) is 5.10. The van der Waals surface area contributed by atoms with E-state index in [1.165, 1.54) is 7.11 Å². The zero-order chi connectivity index (χ0) is 19.7. The average molecular weight is 386 g/mol. The minimum Gasteiger partial charge on any atom is -0.440 e. The molecule has 0 aliphatic carbocycles. The number of piperidine rings is 1. The number of fused-ring (bicyclic) bond motifs is 1. The number of aromatic nitrogens is 1. The van der Waals surface area contributed by atoms with Gasteiger partial charge in [-0.2, -0.15) is 0 Å². The van der Waals surface area contributed by atoms with Crippen molar-refractivity contribution >= 4 is 28.9 Å². The molecule has 1 aromatic heterocycles. The van der Waals surface area contributed by atoms with Crippen LogP contribution in [0.2, 0.25) is 0 Å². The van der Waals surface area contributed by atoms with Gasteiger partial charge in [0.15, 0.2) is 11.5 Å². The highest BCUT2D eigenvalue weighted by atomic mass is 16.5. The molecule has 0 atom stereocenters. The van der Waals surface area contributed by atoms with Gasteiger partial charge in [0.1, 0.15) is 5.52 Å². The summed E-state index contributed by atoms with van der Waals surface area (Å²) in [4.78, 5) is 45.1. The Bertz CT molecular complexity index is 870. The molecule has 0 spiro atoms. The molecule has 4 rings (SSSR count). The first-order valence-corrected chi connectivity index (χ1v) is 9.32. The van der Waals surface area contributed by atoms with Crippen LogP contribution in [0.25, 0.3) is 11.1 Å². The van der Waals surface area contributed by atoms with Crippen LogP contribution < -0.4 is 0 Å². The first-order chi connectivity index (χ1) is 13.6. The number of hydrogen-bond donors (Lipinski definition) is 0. The predicted molar refractivity (Wildman–Crippen MR) is 98.3 cm³/mol. The fraction of sp³-hybridized carbons (Fsp3) is 0.474. The minimum absolute atomic E-state index is 0.0796. The normalized spacial score (nSPS) is 19.4. The number of rotatable bonds is 6. The molecule has 148 valence electrons. The summed E-state index contributed by atoms with van der Waals surface area (Å²) in [6, 6.07) is 7.10. The maximum atomic E-state index is 12.4. The molecule has 2 aromatic rings. The molecule has 28 heavy (non-hydrogen) atoms. The number of carbonyl (C=O) groups excluding carboxylic acids is 3. The molecule has 2 aliphatic rings. The Morgan fingerprint density at radius 1 is 1.11 bits per heavy atom. The molecule has 1 aromatic carbocycles. The number of amides is 4. The Balaban J connectivity index is 1.36. The van der Waals surface area contributed by atoms with E-state index in [0.29, 0.717) is 13.1 Å². The van der Waals surface area contributed by atoms with Gasteiger partial charge in [-0.25, -0.2) is 14.7 Å². The number of nitrogens with zero attached hydrogens (tertiary/aromatic N) is 4. The van der Waals surface area contributed by atoms with Gasteiger partial charge in [-0.05, 0) is 25.0 Å². The van der Waals surface area contributed by atoms with E-state index in [1.54, 1.807) is 0 Å². The largest absolute Gasteiger partial charge is 0.440 e. The van der Waals surface area contributed by atoms with Crippen LogP contribution in [0.1, 0.15) is 24.7 Å². The highest BCUT2D eigenvalue weighted by molar-refractivity contribution is 6.44. The highest BCUT2D eigenvalue weighted by Crippen LogP contribution is 2.30. The number of para-hydroxylation sites is 2. The molecule has 0 radical (unpaired) electrons. The summed E-state index contributed by atoms with van der Waals surface area (Å²) in [5.41, 5.74) is 1.63. The van der Waals surface area contributed by atoms with Crippen molar-refractivity contribution in [2.45, 2.75) is 18.8 Å². The fourth-order valence-corrected chi connectivity index (χ4v) is 3.64. The average Bonchev–Trinajstić information content (AvgIpc) is 3.23. The molecule has 3 heterocycles. The lowest BCUT2D eigenvalue weighted by atomic mass is 9.97. The number of hydrogen-bond acceptors (Lipinski definition) is 7. The van der Waals surface area contributed by atoms with E-state index >= 15 is 0 Å². The summed E-state index contributed by atoms with van der Waals surface area (Å²) < 4.78 is 10.8. The second-order valence-electron chi connectivity index (χ2n) is 7.02. The van der Waals surface area contributed by atoms with E-state index in [-0.39, 0.29) is 25.7 Å². The number of urea groups is 1. The van der Waals surface area contributed by atoms with Crippen LogP contribution in [-0.4, -0.2) is 77.5 Å². The molecule has 0 saturated carbocycles. The van der Waals surface area contributed by atoms with E-state index in [4.69, 9.17) is 9.15 Å². The number of likely N-dealkylation sites (tertiary alicyclic amines) is 1. The van der Waals surface area contributed by atoms with Crippen LogP contribution in [0.3, 0.4) is 0 Å². The molecular formula is C19H22N4O5. The number of benzene rings is 1. The van der Waals surface area contributed by atoms with Crippen LogP contribution in [0, 0.1) is 0 Å². The molecule has 0 N–H and O–H groups in total. The molecule has 0 bridgehead atoms. The van der Waals surface area contributed by atoms with Crippen molar-refractivity contribution in [3.63, 3.8) is 0 Å². The van der Waals surface area contributed by atoms with E-state index in [1.807, 2.05) is 29.2 Å². The van der Waals surface area contributed by atoms with E-state index < -0.39 is 17.8 Å². The first kappa shape index (κ1) is 18.6. The lowest BCUT2D eigenvalue weighted by Gasteiger charge is -2.32. The van der Waals surface area contributed by atoms with Crippen LogP contribution >= 0.6 is 0 Å². The standard InChI is InChI=1S/C19H22N4O5/c1-27-11-10-22-17(24)18(25)23(19(22)26)12-21-8-6-13(7-9-21)16-20-14-4-2-3-5-15(14)28-16/h2-5,13H,6-12H2,1H3. The zero-order valence-corrected chi connectivity index (χ0v) is 15.7. The SMILES string of the molecule is COCCN1C(=O)C(=O)N(CN2CCC(c3nc4ccccc4o3)CC2)C1=O. The van der Waals surface area contributed by atoms with E-state index in [0.717, 1.165) is 39.6 Å². The smallest absolute Gasteiger partial charge is 0.335 e. The van der Waals surface area contributed by atoms with Crippen LogP contribution in [0.15, 0.2) is 28.7 Å². The summed E-state index contributed by atoms with van der Waals surface area (Å²) >= 11 is 0. The maximum absolute atomic E-state index is 12.4. The Labute approximate surface area is 161 Å². The summed E-state index contributed by atoms with van der Waals surface area (Å²) in [6.07, 6.45) is 1.62. The summed E-state index contributed by atoms with van der Waals surface area (Å²) in [6.45, 7) is 1.78. The summed E-state index contributed by atoms with van der Waals surface area (Å²) in [5, 5.41) is 0. The topological polar surface area (TPSA) is 96.2 Å². The minimum atomic E-state index is -0.789. The molecule has 0 unspecified atom stereocenters. The first-order valence-electron chi connectivity index (χ1n) is 9.32. The monoisotopic (exact) mass is 386 g/mol. The fourth-order valence-electron chi connectivity index (χ4n) is 3.64. The second-order valence-corrected chi connectivity index (χ2v) is 7.02. The van der Waals surface area contributed by atoms with Gasteiger partial charge >= 0.3 is 17.8 Å². The van der Waals surface area contributed by atoms with Crippen molar-refractivity contribution in [2.24, 2.45) is 0 Å². The molecular weight excluding hydrogens is 364 g/mol. The highest BCUT2D eigenvalue weighted by Gasteiger charge is 2.45. The lowest BCUT2D eigenvalue weighted by molar-refractivity contribution is -0.144. The molecule has 2 saturated heterocycles. The van der Waals surface area contributed by atoms with E-state index in [2.05, 4.69) is 4.98 Å². The number of imide groups is 2. The van der Waals surface area contributed by atoms with Crippen molar-refractivity contribution in [1.29, 1.82) is 0 Å². The van der Waals surface area contributed by atoms with Gasteiger partial charge < -0.3 is 9.15 Å². The van der Waals surface area contributed by atoms with Gasteiger partial charge in [0.25, 0.3) is 0 Å². The van der Waals surface area contributed by atoms with Crippen molar-refractivity contribution in [2.75, 3.05) is 40.0 Å². The number of methoxy groups -OCH3 is 1.